The van der Waals surface area contributed by atoms with Crippen LogP contribution < -0.4 is 14.8 Å². The first-order valence-corrected chi connectivity index (χ1v) is 9.39. The number of aromatic nitrogens is 2. The first kappa shape index (κ1) is 23.6. The summed E-state index contributed by atoms with van der Waals surface area (Å²) < 4.78 is 68.6. The summed E-state index contributed by atoms with van der Waals surface area (Å²) in [5, 5.41) is 2.34. The van der Waals surface area contributed by atoms with Crippen molar-refractivity contribution in [1.82, 2.24) is 9.55 Å². The molecule has 0 bridgehead atoms. The Hall–Kier alpha value is -4.09. The Morgan fingerprint density at radius 2 is 1.73 bits per heavy atom. The van der Waals surface area contributed by atoms with E-state index in [0.717, 1.165) is 35.0 Å². The molecule has 1 amide bonds. The van der Waals surface area contributed by atoms with Crippen molar-refractivity contribution in [3.8, 4) is 17.2 Å². The van der Waals surface area contributed by atoms with Crippen molar-refractivity contribution in [1.29, 1.82) is 0 Å². The lowest BCUT2D eigenvalue weighted by Crippen LogP contribution is -2.16. The van der Waals surface area contributed by atoms with Gasteiger partial charge in [0.25, 0.3) is 5.91 Å². The molecular formula is C21H17F4N3O5. The van der Waals surface area contributed by atoms with Gasteiger partial charge in [-0.05, 0) is 31.2 Å². The number of amides is 1. The zero-order chi connectivity index (χ0) is 24.1. The highest BCUT2D eigenvalue weighted by Gasteiger charge is 2.23. The van der Waals surface area contributed by atoms with Gasteiger partial charge in [0, 0.05) is 23.9 Å². The quantitative estimate of drug-likeness (QED) is 0.395. The van der Waals surface area contributed by atoms with Crippen LogP contribution >= 0.6 is 0 Å². The molecule has 12 heteroatoms. The molecule has 3 aromatic rings. The Balaban J connectivity index is 1.99. The molecule has 0 saturated carbocycles. The fraction of sp³-hybridized carbons (Fsp3) is 0.190. The van der Waals surface area contributed by atoms with E-state index in [9.17, 15) is 27.2 Å². The third-order valence-electron chi connectivity index (χ3n) is 4.22. The van der Waals surface area contributed by atoms with E-state index in [4.69, 9.17) is 9.47 Å². The first-order valence-electron chi connectivity index (χ1n) is 9.39. The fourth-order valence-electron chi connectivity index (χ4n) is 2.79. The smallest absolute Gasteiger partial charge is 0.387 e. The van der Waals surface area contributed by atoms with Gasteiger partial charge in [0.2, 0.25) is 5.95 Å². The van der Waals surface area contributed by atoms with Crippen molar-refractivity contribution >= 4 is 17.8 Å². The number of methoxy groups -OCH3 is 1. The van der Waals surface area contributed by atoms with Crippen LogP contribution in [0.25, 0.3) is 5.69 Å². The molecule has 174 valence electrons. The zero-order valence-corrected chi connectivity index (χ0v) is 17.3. The van der Waals surface area contributed by atoms with Gasteiger partial charge in [-0.2, -0.15) is 8.78 Å². The molecule has 0 fully saturated rings. The zero-order valence-electron chi connectivity index (χ0n) is 17.3. The fourth-order valence-corrected chi connectivity index (χ4v) is 2.79. The van der Waals surface area contributed by atoms with Gasteiger partial charge in [0.15, 0.2) is 17.3 Å². The molecule has 1 heterocycles. The van der Waals surface area contributed by atoms with Gasteiger partial charge in [0.05, 0.1) is 13.7 Å². The number of imidazole rings is 1. The van der Waals surface area contributed by atoms with Gasteiger partial charge in [-0.1, -0.05) is 0 Å². The minimum Gasteiger partial charge on any atom is -0.497 e. The predicted octanol–water partition coefficient (Wildman–Crippen LogP) is 4.19. The summed E-state index contributed by atoms with van der Waals surface area (Å²) in [6.07, 6.45) is 1.00. The number of carbonyl (C=O) groups excluding carboxylic acids is 2. The Labute approximate surface area is 184 Å². The Morgan fingerprint density at radius 3 is 2.27 bits per heavy atom. The van der Waals surface area contributed by atoms with Gasteiger partial charge < -0.3 is 14.2 Å². The summed E-state index contributed by atoms with van der Waals surface area (Å²) in [5.74, 6) is -4.43. The third-order valence-corrected chi connectivity index (χ3v) is 4.22. The molecule has 0 unspecified atom stereocenters. The molecule has 1 N–H and O–H groups in total. The summed E-state index contributed by atoms with van der Waals surface area (Å²) in [6, 6.07) is 6.49. The van der Waals surface area contributed by atoms with Crippen LogP contribution in [0.4, 0.5) is 23.5 Å². The van der Waals surface area contributed by atoms with Crippen LogP contribution in [-0.4, -0.2) is 41.8 Å². The molecule has 0 aliphatic rings. The number of hydrogen-bond acceptors (Lipinski definition) is 6. The van der Waals surface area contributed by atoms with Crippen LogP contribution in [0, 0.1) is 11.6 Å². The number of carbonyl (C=O) groups is 2. The molecule has 33 heavy (non-hydrogen) atoms. The van der Waals surface area contributed by atoms with Crippen molar-refractivity contribution < 1.29 is 41.4 Å². The van der Waals surface area contributed by atoms with Gasteiger partial charge in [-0.15, -0.1) is 0 Å². The van der Waals surface area contributed by atoms with Crippen molar-refractivity contribution in [3.63, 3.8) is 0 Å². The highest BCUT2D eigenvalue weighted by Crippen LogP contribution is 2.27. The van der Waals surface area contributed by atoms with Crippen molar-refractivity contribution in [2.75, 3.05) is 19.0 Å². The van der Waals surface area contributed by atoms with Crippen molar-refractivity contribution in [2.24, 2.45) is 0 Å². The maximum atomic E-state index is 14.7. The number of rotatable bonds is 8. The van der Waals surface area contributed by atoms with Gasteiger partial charge >= 0.3 is 12.6 Å². The van der Waals surface area contributed by atoms with Crippen molar-refractivity contribution in [3.05, 3.63) is 65.5 Å². The highest BCUT2D eigenvalue weighted by atomic mass is 19.3. The summed E-state index contributed by atoms with van der Waals surface area (Å²) in [6.45, 7) is -1.46. The van der Waals surface area contributed by atoms with E-state index in [0.29, 0.717) is 0 Å². The summed E-state index contributed by atoms with van der Waals surface area (Å²) in [7, 11) is 1.23. The van der Waals surface area contributed by atoms with E-state index in [-0.39, 0.29) is 35.3 Å². The van der Waals surface area contributed by atoms with Gasteiger partial charge in [-0.3, -0.25) is 14.7 Å². The largest absolute Gasteiger partial charge is 0.497 e. The molecule has 8 nitrogen and oxygen atoms in total. The van der Waals surface area contributed by atoms with E-state index >= 15 is 0 Å². The average molecular weight is 467 g/mol. The Morgan fingerprint density at radius 1 is 1.09 bits per heavy atom. The molecular weight excluding hydrogens is 450 g/mol. The highest BCUT2D eigenvalue weighted by molar-refractivity contribution is 6.04. The van der Waals surface area contributed by atoms with E-state index < -0.39 is 35.8 Å². The van der Waals surface area contributed by atoms with E-state index in [1.54, 1.807) is 6.92 Å². The number of nitrogens with one attached hydrogen (secondary N) is 1. The summed E-state index contributed by atoms with van der Waals surface area (Å²) in [5.41, 5.74) is -0.947. The molecule has 1 aromatic heterocycles. The standard InChI is InChI=1S/C21H17F4N3O5/c1-3-32-19(30)16-10-28(17-14(22)8-13(31-2)9-15(17)23)21(26-16)27-18(29)11-4-6-12(7-5-11)33-20(24)25/h4-10,20H,3H2,1-2H3,(H,26,27,29). The van der Waals surface area contributed by atoms with Crippen LogP contribution in [0.1, 0.15) is 27.8 Å². The molecule has 0 saturated heterocycles. The topological polar surface area (TPSA) is 91.7 Å². The first-order chi connectivity index (χ1) is 15.7. The second-order valence-electron chi connectivity index (χ2n) is 6.34. The lowest BCUT2D eigenvalue weighted by atomic mass is 10.2. The molecule has 3 rings (SSSR count). The van der Waals surface area contributed by atoms with Crippen LogP contribution in [0.3, 0.4) is 0 Å². The SMILES string of the molecule is CCOC(=O)c1cn(-c2c(F)cc(OC)cc2F)c(NC(=O)c2ccc(OC(F)F)cc2)n1. The number of esters is 1. The Kier molecular flexibility index (Phi) is 7.16. The molecule has 2 aromatic carbocycles. The lowest BCUT2D eigenvalue weighted by Gasteiger charge is -2.12. The normalized spacial score (nSPS) is 10.8. The molecule has 0 spiro atoms. The van der Waals surface area contributed by atoms with Crippen LogP contribution in [-0.2, 0) is 4.74 Å². The lowest BCUT2D eigenvalue weighted by molar-refractivity contribution is -0.0498. The van der Waals surface area contributed by atoms with Crippen LogP contribution in [0.2, 0.25) is 0 Å². The molecule has 0 aliphatic heterocycles. The van der Waals surface area contributed by atoms with Crippen LogP contribution in [0.15, 0.2) is 42.6 Å². The number of halogens is 4. The second kappa shape index (κ2) is 10.0. The summed E-state index contributed by atoms with van der Waals surface area (Å²) >= 11 is 0. The van der Waals surface area contributed by atoms with Crippen LogP contribution in [0.5, 0.6) is 11.5 Å². The third kappa shape index (κ3) is 5.40. The number of nitrogens with zero attached hydrogens (tertiary/aromatic N) is 2. The minimum atomic E-state index is -3.03. The van der Waals surface area contributed by atoms with Gasteiger partial charge in [0.1, 0.15) is 17.2 Å². The average Bonchev–Trinajstić information content (AvgIpc) is 3.16. The Bertz CT molecular complexity index is 1140. The number of anilines is 1. The minimum absolute atomic E-state index is 0.000439. The number of alkyl halides is 2. The van der Waals surface area contributed by atoms with E-state index in [2.05, 4.69) is 15.0 Å². The monoisotopic (exact) mass is 467 g/mol. The second-order valence-corrected chi connectivity index (χ2v) is 6.34. The molecule has 0 atom stereocenters. The maximum Gasteiger partial charge on any atom is 0.387 e. The predicted molar refractivity (Wildman–Crippen MR) is 107 cm³/mol. The number of ether oxygens (including phenoxy) is 3. The van der Waals surface area contributed by atoms with E-state index in [1.807, 2.05) is 0 Å². The molecule has 0 aliphatic carbocycles. The number of benzene rings is 2. The van der Waals surface area contributed by atoms with Crippen molar-refractivity contribution in [2.45, 2.75) is 13.5 Å². The van der Waals surface area contributed by atoms with E-state index in [1.165, 1.54) is 19.2 Å². The molecule has 0 radical (unpaired) electrons. The summed E-state index contributed by atoms with van der Waals surface area (Å²) in [4.78, 5) is 28.6. The van der Waals surface area contributed by atoms with Gasteiger partial charge in [-0.25, -0.2) is 18.6 Å². The maximum absolute atomic E-state index is 14.7. The number of hydrogen-bond donors (Lipinski definition) is 1.